The maximum Gasteiger partial charge on any atom is 0.316 e. The van der Waals surface area contributed by atoms with E-state index in [1.807, 2.05) is 0 Å². The lowest BCUT2D eigenvalue weighted by atomic mass is 9.87. The van der Waals surface area contributed by atoms with E-state index in [9.17, 15) is 14.7 Å². The molecular formula is C14H15NO7. The molecule has 0 radical (unpaired) electrons. The molecule has 2 N–H and O–H groups in total. The lowest BCUT2D eigenvalue weighted by Crippen LogP contribution is -2.26. The molecule has 1 aromatic rings. The van der Waals surface area contributed by atoms with Crippen molar-refractivity contribution in [3.63, 3.8) is 0 Å². The van der Waals surface area contributed by atoms with E-state index in [2.05, 4.69) is 5.32 Å². The highest BCUT2D eigenvalue weighted by Crippen LogP contribution is 2.52. The normalized spacial score (nSPS) is 22.4. The van der Waals surface area contributed by atoms with Crippen LogP contribution in [0.1, 0.15) is 11.5 Å². The number of fused-ring (bicyclic) bond motifs is 1. The number of carboxylic acid groups (broad SMARTS) is 1. The van der Waals surface area contributed by atoms with E-state index in [1.54, 1.807) is 6.07 Å². The summed E-state index contributed by atoms with van der Waals surface area (Å²) in [6.07, 6.45) is 0. The molecule has 2 aliphatic rings. The number of carbonyl (C=O) groups is 2. The monoisotopic (exact) mass is 309 g/mol. The highest BCUT2D eigenvalue weighted by atomic mass is 16.7. The predicted molar refractivity (Wildman–Crippen MR) is 72.5 cm³/mol. The van der Waals surface area contributed by atoms with E-state index in [0.29, 0.717) is 28.6 Å². The van der Waals surface area contributed by atoms with Crippen LogP contribution in [-0.2, 0) is 9.59 Å². The van der Waals surface area contributed by atoms with E-state index < -0.39 is 23.7 Å². The minimum Gasteiger partial charge on any atom is -0.493 e. The third-order valence-corrected chi connectivity index (χ3v) is 3.86. The smallest absolute Gasteiger partial charge is 0.316 e. The molecule has 2 unspecified atom stereocenters. The lowest BCUT2D eigenvalue weighted by Gasteiger charge is -2.19. The fourth-order valence-electron chi connectivity index (χ4n) is 2.87. The molecule has 2 atom stereocenters. The van der Waals surface area contributed by atoms with Gasteiger partial charge >= 0.3 is 5.97 Å². The Balaban J connectivity index is 2.14. The van der Waals surface area contributed by atoms with Crippen LogP contribution >= 0.6 is 0 Å². The van der Waals surface area contributed by atoms with Crippen LogP contribution in [0.3, 0.4) is 0 Å². The zero-order valence-corrected chi connectivity index (χ0v) is 12.0. The maximum atomic E-state index is 11.8. The van der Waals surface area contributed by atoms with Gasteiger partial charge in [-0.05, 0) is 6.07 Å². The van der Waals surface area contributed by atoms with E-state index in [4.69, 9.17) is 18.9 Å². The molecule has 2 heterocycles. The molecule has 3 rings (SSSR count). The van der Waals surface area contributed by atoms with Gasteiger partial charge < -0.3 is 29.4 Å². The highest BCUT2D eigenvalue weighted by Gasteiger charge is 2.44. The third kappa shape index (κ3) is 1.99. The molecule has 2 aliphatic heterocycles. The Bertz CT molecular complexity index is 643. The number of benzene rings is 1. The van der Waals surface area contributed by atoms with Crippen LogP contribution in [0.5, 0.6) is 23.0 Å². The summed E-state index contributed by atoms with van der Waals surface area (Å²) < 4.78 is 21.4. The molecule has 0 bridgehead atoms. The lowest BCUT2D eigenvalue weighted by molar-refractivity contribution is -0.145. The Morgan fingerprint density at radius 3 is 2.68 bits per heavy atom. The summed E-state index contributed by atoms with van der Waals surface area (Å²) in [6, 6.07) is 1.63. The molecule has 22 heavy (non-hydrogen) atoms. The van der Waals surface area contributed by atoms with E-state index in [-0.39, 0.29) is 13.3 Å². The number of aliphatic carboxylic acids is 1. The molecule has 0 spiro atoms. The third-order valence-electron chi connectivity index (χ3n) is 3.86. The molecule has 0 aliphatic carbocycles. The van der Waals surface area contributed by atoms with Crippen LogP contribution in [0.2, 0.25) is 0 Å². The fraction of sp³-hybridized carbons (Fsp3) is 0.429. The van der Waals surface area contributed by atoms with Crippen LogP contribution in [0.15, 0.2) is 6.07 Å². The number of nitrogens with one attached hydrogen (secondary N) is 1. The van der Waals surface area contributed by atoms with Crippen LogP contribution < -0.4 is 24.3 Å². The first-order valence-corrected chi connectivity index (χ1v) is 6.63. The molecule has 0 aromatic heterocycles. The number of carbonyl (C=O) groups excluding carboxylic acids is 1. The summed E-state index contributed by atoms with van der Waals surface area (Å²) in [5.74, 6) is -1.92. The van der Waals surface area contributed by atoms with Gasteiger partial charge in [-0.3, -0.25) is 9.59 Å². The second-order valence-corrected chi connectivity index (χ2v) is 4.93. The summed E-state index contributed by atoms with van der Waals surface area (Å²) in [4.78, 5) is 23.2. The van der Waals surface area contributed by atoms with Gasteiger partial charge in [-0.25, -0.2) is 0 Å². The van der Waals surface area contributed by atoms with Crippen molar-refractivity contribution in [2.24, 2.45) is 5.92 Å². The van der Waals surface area contributed by atoms with Crippen LogP contribution in [0.4, 0.5) is 0 Å². The van der Waals surface area contributed by atoms with Crippen LogP contribution in [0, 0.1) is 5.92 Å². The Labute approximate surface area is 125 Å². The molecule has 1 fully saturated rings. The quantitative estimate of drug-likeness (QED) is 0.773. The standard InChI is InChI=1S/C14H15NO7/c1-19-8-3-6(7-4-15-13(16)9(7)14(17)18)10(20-2)12-11(8)21-5-22-12/h3,7,9H,4-5H2,1-2H3,(H,15,16)(H,17,18). The average molecular weight is 309 g/mol. The Kier molecular flexibility index (Phi) is 3.44. The van der Waals surface area contributed by atoms with Crippen LogP contribution in [-0.4, -0.2) is 44.5 Å². The SMILES string of the molecule is COc1cc(C2CNC(=O)C2C(=O)O)c(OC)c2c1OCO2. The summed E-state index contributed by atoms with van der Waals surface area (Å²) in [6.45, 7) is 0.227. The van der Waals surface area contributed by atoms with Crippen molar-refractivity contribution < 1.29 is 33.6 Å². The fourth-order valence-corrected chi connectivity index (χ4v) is 2.87. The van der Waals surface area contributed by atoms with Gasteiger partial charge in [-0.1, -0.05) is 0 Å². The minimum atomic E-state index is -1.18. The first-order chi connectivity index (χ1) is 10.6. The van der Waals surface area contributed by atoms with Gasteiger partial charge in [0, 0.05) is 18.0 Å². The first-order valence-electron chi connectivity index (χ1n) is 6.63. The zero-order valence-electron chi connectivity index (χ0n) is 12.0. The zero-order chi connectivity index (χ0) is 15.9. The predicted octanol–water partition coefficient (Wildman–Crippen LogP) is 0.347. The maximum absolute atomic E-state index is 11.8. The van der Waals surface area contributed by atoms with Gasteiger partial charge in [-0.2, -0.15) is 0 Å². The molecular weight excluding hydrogens is 294 g/mol. The largest absolute Gasteiger partial charge is 0.493 e. The van der Waals surface area contributed by atoms with Crippen molar-refractivity contribution >= 4 is 11.9 Å². The van der Waals surface area contributed by atoms with Gasteiger partial charge in [0.2, 0.25) is 24.2 Å². The van der Waals surface area contributed by atoms with Crippen molar-refractivity contribution in [2.75, 3.05) is 27.6 Å². The summed E-state index contributed by atoms with van der Waals surface area (Å²) in [7, 11) is 2.92. The van der Waals surface area contributed by atoms with Crippen molar-refractivity contribution in [2.45, 2.75) is 5.92 Å². The number of amides is 1. The van der Waals surface area contributed by atoms with Crippen LogP contribution in [0.25, 0.3) is 0 Å². The highest BCUT2D eigenvalue weighted by molar-refractivity contribution is 6.00. The molecule has 118 valence electrons. The second kappa shape index (κ2) is 5.28. The van der Waals surface area contributed by atoms with Gasteiger partial charge in [-0.15, -0.1) is 0 Å². The Hall–Kier alpha value is -2.64. The van der Waals surface area contributed by atoms with Crippen molar-refractivity contribution in [1.82, 2.24) is 5.32 Å². The average Bonchev–Trinajstić information content (AvgIpc) is 3.11. The van der Waals surface area contributed by atoms with Gasteiger partial charge in [0.25, 0.3) is 0 Å². The number of hydrogen-bond donors (Lipinski definition) is 2. The summed E-state index contributed by atoms with van der Waals surface area (Å²) >= 11 is 0. The summed E-state index contributed by atoms with van der Waals surface area (Å²) in [5, 5.41) is 11.9. The van der Waals surface area contributed by atoms with Gasteiger partial charge in [0.15, 0.2) is 11.5 Å². The Morgan fingerprint density at radius 2 is 2.05 bits per heavy atom. The topological polar surface area (TPSA) is 103 Å². The van der Waals surface area contributed by atoms with Crippen molar-refractivity contribution in [3.8, 4) is 23.0 Å². The van der Waals surface area contributed by atoms with E-state index >= 15 is 0 Å². The molecule has 8 nitrogen and oxygen atoms in total. The molecule has 0 saturated carbocycles. The van der Waals surface area contributed by atoms with Gasteiger partial charge in [0.1, 0.15) is 5.92 Å². The number of methoxy groups -OCH3 is 2. The number of ether oxygens (including phenoxy) is 4. The molecule has 1 amide bonds. The van der Waals surface area contributed by atoms with Crippen molar-refractivity contribution in [3.05, 3.63) is 11.6 Å². The molecule has 1 aromatic carbocycles. The minimum absolute atomic E-state index is 0.0235. The molecule has 8 heteroatoms. The number of hydrogen-bond acceptors (Lipinski definition) is 6. The van der Waals surface area contributed by atoms with Gasteiger partial charge in [0.05, 0.1) is 14.2 Å². The Morgan fingerprint density at radius 1 is 1.32 bits per heavy atom. The number of rotatable bonds is 4. The van der Waals surface area contributed by atoms with E-state index in [1.165, 1.54) is 14.2 Å². The van der Waals surface area contributed by atoms with E-state index in [0.717, 1.165) is 0 Å². The second-order valence-electron chi connectivity index (χ2n) is 4.93. The number of carboxylic acids is 1. The van der Waals surface area contributed by atoms with Crippen molar-refractivity contribution in [1.29, 1.82) is 0 Å². The first kappa shape index (κ1) is 14.3. The summed E-state index contributed by atoms with van der Waals surface area (Å²) in [5.41, 5.74) is 0.536. The molecule has 1 saturated heterocycles.